The van der Waals surface area contributed by atoms with Crippen LogP contribution in [0, 0.1) is 0 Å². The predicted molar refractivity (Wildman–Crippen MR) is 57.8 cm³/mol. The number of halogens is 2. The van der Waals surface area contributed by atoms with Crippen molar-refractivity contribution in [3.8, 4) is 0 Å². The highest BCUT2D eigenvalue weighted by Crippen LogP contribution is 2.15. The van der Waals surface area contributed by atoms with E-state index in [0.29, 0.717) is 0 Å². The van der Waals surface area contributed by atoms with Crippen molar-refractivity contribution in [3.05, 3.63) is 18.0 Å². The molecule has 1 rings (SSSR count). The Labute approximate surface area is 102 Å². The van der Waals surface area contributed by atoms with Gasteiger partial charge in [0.05, 0.1) is 13.2 Å². The van der Waals surface area contributed by atoms with Gasteiger partial charge in [-0.15, -0.1) is 0 Å². The van der Waals surface area contributed by atoms with E-state index in [1.165, 1.54) is 0 Å². The van der Waals surface area contributed by atoms with Crippen LogP contribution >= 0.6 is 0 Å². The molecule has 0 fully saturated rings. The molecule has 0 bridgehead atoms. The summed E-state index contributed by atoms with van der Waals surface area (Å²) in [6.45, 7) is 0.770. The van der Waals surface area contributed by atoms with Gasteiger partial charge in [0, 0.05) is 6.20 Å². The minimum atomic E-state index is -4.06. The van der Waals surface area contributed by atoms with Crippen molar-refractivity contribution in [1.29, 1.82) is 0 Å². The Morgan fingerprint density at radius 2 is 2.17 bits per heavy atom. The van der Waals surface area contributed by atoms with Gasteiger partial charge in [-0.25, -0.2) is 27.1 Å². The van der Waals surface area contributed by atoms with Crippen LogP contribution in [0.1, 0.15) is 17.4 Å². The van der Waals surface area contributed by atoms with E-state index in [2.05, 4.69) is 4.74 Å². The molecule has 6 nitrogen and oxygen atoms in total. The van der Waals surface area contributed by atoms with E-state index in [1.807, 2.05) is 0 Å². The first-order valence-electron chi connectivity index (χ1n) is 4.94. The Hall–Kier alpha value is -1.48. The van der Waals surface area contributed by atoms with Gasteiger partial charge in [0.2, 0.25) is 10.0 Å². The summed E-state index contributed by atoms with van der Waals surface area (Å²) < 4.78 is 52.2. The number of esters is 1. The summed E-state index contributed by atoms with van der Waals surface area (Å²) >= 11 is 0. The molecule has 1 aromatic rings. The van der Waals surface area contributed by atoms with Gasteiger partial charge in [-0.2, -0.15) is 0 Å². The summed E-state index contributed by atoms with van der Waals surface area (Å²) in [4.78, 5) is 11.1. The Kier molecular flexibility index (Phi) is 4.41. The van der Waals surface area contributed by atoms with Gasteiger partial charge < -0.3 is 9.30 Å². The number of hydrogen-bond acceptors (Lipinski definition) is 4. The number of primary sulfonamides is 1. The molecule has 0 spiro atoms. The van der Waals surface area contributed by atoms with E-state index in [-0.39, 0.29) is 12.3 Å². The number of carbonyl (C=O) groups excluding carboxylic acids is 1. The third kappa shape index (κ3) is 3.50. The van der Waals surface area contributed by atoms with E-state index in [9.17, 15) is 22.0 Å². The van der Waals surface area contributed by atoms with Gasteiger partial charge >= 0.3 is 5.97 Å². The molecule has 0 aromatic carbocycles. The maximum absolute atomic E-state index is 12.3. The zero-order valence-corrected chi connectivity index (χ0v) is 10.3. The SMILES string of the molecule is CCOC(=O)c1cc(S(N)(=O)=O)cn1CC(F)F. The summed E-state index contributed by atoms with van der Waals surface area (Å²) in [6, 6.07) is 0.912. The zero-order chi connectivity index (χ0) is 13.9. The third-order valence-corrected chi connectivity index (χ3v) is 2.90. The van der Waals surface area contributed by atoms with E-state index >= 15 is 0 Å². The Bertz CT molecular complexity index is 539. The van der Waals surface area contributed by atoms with Gasteiger partial charge in [-0.1, -0.05) is 0 Å². The smallest absolute Gasteiger partial charge is 0.354 e. The van der Waals surface area contributed by atoms with E-state index in [0.717, 1.165) is 16.8 Å². The molecule has 1 heterocycles. The molecule has 0 aliphatic rings. The predicted octanol–water partition coefficient (Wildman–Crippen LogP) is 0.577. The second-order valence-corrected chi connectivity index (χ2v) is 4.93. The van der Waals surface area contributed by atoms with Crippen molar-refractivity contribution in [2.45, 2.75) is 24.8 Å². The molecule has 9 heteroatoms. The number of alkyl halides is 2. The first-order chi connectivity index (χ1) is 8.25. The highest BCUT2D eigenvalue weighted by atomic mass is 32.2. The van der Waals surface area contributed by atoms with Crippen LogP contribution in [-0.2, 0) is 21.3 Å². The molecule has 0 unspecified atom stereocenters. The average Bonchev–Trinajstić information content (AvgIpc) is 2.60. The number of aromatic nitrogens is 1. The topological polar surface area (TPSA) is 91.4 Å². The second-order valence-electron chi connectivity index (χ2n) is 3.37. The maximum Gasteiger partial charge on any atom is 0.354 e. The fraction of sp³-hybridized carbons (Fsp3) is 0.444. The quantitative estimate of drug-likeness (QED) is 0.799. The number of sulfonamides is 1. The first kappa shape index (κ1) is 14.6. The molecule has 102 valence electrons. The van der Waals surface area contributed by atoms with E-state index in [1.54, 1.807) is 6.92 Å². The van der Waals surface area contributed by atoms with Crippen LogP contribution in [0.15, 0.2) is 17.2 Å². The van der Waals surface area contributed by atoms with Crippen molar-refractivity contribution in [2.75, 3.05) is 6.61 Å². The Morgan fingerprint density at radius 1 is 1.56 bits per heavy atom. The zero-order valence-electron chi connectivity index (χ0n) is 9.47. The van der Waals surface area contributed by atoms with Crippen molar-refractivity contribution >= 4 is 16.0 Å². The largest absolute Gasteiger partial charge is 0.461 e. The van der Waals surface area contributed by atoms with Crippen LogP contribution in [-0.4, -0.2) is 32.0 Å². The molecule has 2 N–H and O–H groups in total. The van der Waals surface area contributed by atoms with Crippen LogP contribution in [0.2, 0.25) is 0 Å². The van der Waals surface area contributed by atoms with Gasteiger partial charge in [0.25, 0.3) is 6.43 Å². The summed E-state index contributed by atoms with van der Waals surface area (Å²) in [7, 11) is -4.06. The molecule has 0 aliphatic carbocycles. The fourth-order valence-electron chi connectivity index (χ4n) is 1.31. The molecule has 0 saturated carbocycles. The second kappa shape index (κ2) is 5.44. The average molecular weight is 282 g/mol. The van der Waals surface area contributed by atoms with Crippen molar-refractivity contribution in [2.24, 2.45) is 5.14 Å². The fourth-order valence-corrected chi connectivity index (χ4v) is 1.86. The van der Waals surface area contributed by atoms with Crippen LogP contribution in [0.4, 0.5) is 8.78 Å². The molecule has 0 saturated heterocycles. The number of hydrogen-bond donors (Lipinski definition) is 1. The number of ether oxygens (including phenoxy) is 1. The van der Waals surface area contributed by atoms with Gasteiger partial charge in [0.1, 0.15) is 10.6 Å². The van der Waals surface area contributed by atoms with Crippen LogP contribution < -0.4 is 5.14 Å². The number of rotatable bonds is 5. The lowest BCUT2D eigenvalue weighted by molar-refractivity contribution is 0.0506. The molecule has 0 aliphatic heterocycles. The highest BCUT2D eigenvalue weighted by Gasteiger charge is 2.21. The summed E-state index contributed by atoms with van der Waals surface area (Å²) in [6.07, 6.45) is -1.85. The Morgan fingerprint density at radius 3 is 2.61 bits per heavy atom. The van der Waals surface area contributed by atoms with Crippen molar-refractivity contribution in [1.82, 2.24) is 4.57 Å². The van der Waals surface area contributed by atoms with E-state index < -0.39 is 33.9 Å². The number of carbonyl (C=O) groups is 1. The summed E-state index contributed by atoms with van der Waals surface area (Å²) in [5.41, 5.74) is -0.277. The Balaban J connectivity index is 3.21. The monoisotopic (exact) mass is 282 g/mol. The highest BCUT2D eigenvalue weighted by molar-refractivity contribution is 7.89. The lowest BCUT2D eigenvalue weighted by atomic mass is 10.4. The molecular weight excluding hydrogens is 270 g/mol. The molecule has 18 heavy (non-hydrogen) atoms. The summed E-state index contributed by atoms with van der Waals surface area (Å²) in [5, 5.41) is 4.86. The lowest BCUT2D eigenvalue weighted by Gasteiger charge is -2.07. The molecule has 0 atom stereocenters. The van der Waals surface area contributed by atoms with Gasteiger partial charge in [-0.3, -0.25) is 0 Å². The third-order valence-electron chi connectivity index (χ3n) is 2.02. The van der Waals surface area contributed by atoms with Crippen LogP contribution in [0.5, 0.6) is 0 Å². The minimum absolute atomic E-state index is 0.0450. The number of nitrogens with zero attached hydrogens (tertiary/aromatic N) is 1. The first-order valence-corrected chi connectivity index (χ1v) is 6.48. The standard InChI is InChI=1S/C9H12F2N2O4S/c1-2-17-9(14)7-3-6(18(12,15)16)4-13(7)5-8(10)11/h3-4,8H,2,5H2,1H3,(H2,12,15,16). The molecular formula is C9H12F2N2O4S. The summed E-state index contributed by atoms with van der Waals surface area (Å²) in [5.74, 6) is -0.881. The van der Waals surface area contributed by atoms with E-state index in [4.69, 9.17) is 5.14 Å². The van der Waals surface area contributed by atoms with Crippen LogP contribution in [0.25, 0.3) is 0 Å². The van der Waals surface area contributed by atoms with Crippen molar-refractivity contribution in [3.63, 3.8) is 0 Å². The molecule has 0 amide bonds. The van der Waals surface area contributed by atoms with Crippen LogP contribution in [0.3, 0.4) is 0 Å². The molecule has 0 radical (unpaired) electrons. The van der Waals surface area contributed by atoms with Crippen molar-refractivity contribution < 1.29 is 26.7 Å². The number of nitrogens with two attached hydrogens (primary N) is 1. The van der Waals surface area contributed by atoms with Gasteiger partial charge in [-0.05, 0) is 13.0 Å². The van der Waals surface area contributed by atoms with Gasteiger partial charge in [0.15, 0.2) is 0 Å². The normalized spacial score (nSPS) is 11.8. The minimum Gasteiger partial charge on any atom is -0.461 e. The molecule has 1 aromatic heterocycles. The lowest BCUT2D eigenvalue weighted by Crippen LogP contribution is -2.15. The maximum atomic E-state index is 12.3.